The fraction of sp³-hybridized carbons (Fsp3) is 0.286. The van der Waals surface area contributed by atoms with E-state index in [9.17, 15) is 19.7 Å². The first-order valence-corrected chi connectivity index (χ1v) is 11.9. The van der Waals surface area contributed by atoms with E-state index in [1.54, 1.807) is 23.1 Å². The molecule has 0 spiro atoms. The lowest BCUT2D eigenvalue weighted by atomic mass is 10.0. The third-order valence-corrected chi connectivity index (χ3v) is 5.83. The molecular weight excluding hydrogens is 442 g/mol. The van der Waals surface area contributed by atoms with Crippen molar-refractivity contribution in [2.45, 2.75) is 45.2 Å². The van der Waals surface area contributed by atoms with Gasteiger partial charge in [-0.25, -0.2) is 0 Å². The summed E-state index contributed by atoms with van der Waals surface area (Å²) in [4.78, 5) is 39.6. The molecular formula is C28H31N3O4. The van der Waals surface area contributed by atoms with Crippen molar-refractivity contribution in [1.82, 2.24) is 10.2 Å². The molecule has 0 aliphatic rings. The molecule has 0 heterocycles. The first-order valence-electron chi connectivity index (χ1n) is 11.9. The SMILES string of the molecule is CCCCNC(=O)[C@@H](Cc1ccccc1)N(Cc1ccccc1)C(=O)Cc1ccccc1[N+](=O)[O-]. The lowest BCUT2D eigenvalue weighted by molar-refractivity contribution is -0.385. The third kappa shape index (κ3) is 7.50. The Bertz CT molecular complexity index is 1120. The van der Waals surface area contributed by atoms with Crippen molar-refractivity contribution in [3.8, 4) is 0 Å². The summed E-state index contributed by atoms with van der Waals surface area (Å²) >= 11 is 0. The van der Waals surface area contributed by atoms with Gasteiger partial charge < -0.3 is 10.2 Å². The molecule has 2 amide bonds. The molecule has 1 N–H and O–H groups in total. The van der Waals surface area contributed by atoms with Crippen LogP contribution in [0.25, 0.3) is 0 Å². The van der Waals surface area contributed by atoms with Crippen LogP contribution in [0, 0.1) is 10.1 Å². The summed E-state index contributed by atoms with van der Waals surface area (Å²) in [5.74, 6) is -0.566. The first kappa shape index (κ1) is 25.6. The molecule has 0 aliphatic heterocycles. The highest BCUT2D eigenvalue weighted by molar-refractivity contribution is 5.89. The topological polar surface area (TPSA) is 92.6 Å². The summed E-state index contributed by atoms with van der Waals surface area (Å²) in [7, 11) is 0. The number of hydrogen-bond acceptors (Lipinski definition) is 4. The second-order valence-electron chi connectivity index (χ2n) is 8.42. The maximum Gasteiger partial charge on any atom is 0.273 e. The van der Waals surface area contributed by atoms with Gasteiger partial charge in [0.1, 0.15) is 6.04 Å². The highest BCUT2D eigenvalue weighted by Crippen LogP contribution is 2.21. The Kier molecular flexibility index (Phi) is 9.54. The molecule has 182 valence electrons. The Morgan fingerprint density at radius 1 is 0.914 bits per heavy atom. The third-order valence-electron chi connectivity index (χ3n) is 5.83. The van der Waals surface area contributed by atoms with E-state index in [4.69, 9.17) is 0 Å². The molecule has 0 aromatic heterocycles. The predicted octanol–water partition coefficient (Wildman–Crippen LogP) is 4.69. The minimum absolute atomic E-state index is 0.104. The van der Waals surface area contributed by atoms with Gasteiger partial charge in [-0.05, 0) is 17.5 Å². The van der Waals surface area contributed by atoms with Crippen molar-refractivity contribution in [3.05, 3.63) is 112 Å². The Labute approximate surface area is 205 Å². The van der Waals surface area contributed by atoms with Gasteiger partial charge in [0, 0.05) is 31.1 Å². The Morgan fingerprint density at radius 3 is 2.14 bits per heavy atom. The quantitative estimate of drug-likeness (QED) is 0.235. The van der Waals surface area contributed by atoms with Gasteiger partial charge in [-0.2, -0.15) is 0 Å². The fourth-order valence-electron chi connectivity index (χ4n) is 3.94. The van der Waals surface area contributed by atoms with Gasteiger partial charge in [-0.1, -0.05) is 92.2 Å². The van der Waals surface area contributed by atoms with Crippen LogP contribution in [0.15, 0.2) is 84.9 Å². The highest BCUT2D eigenvalue weighted by Gasteiger charge is 2.31. The number of nitro groups is 1. The highest BCUT2D eigenvalue weighted by atomic mass is 16.6. The van der Waals surface area contributed by atoms with E-state index in [0.29, 0.717) is 18.5 Å². The zero-order valence-electron chi connectivity index (χ0n) is 19.9. The smallest absolute Gasteiger partial charge is 0.273 e. The van der Waals surface area contributed by atoms with Gasteiger partial charge in [0.2, 0.25) is 11.8 Å². The van der Waals surface area contributed by atoms with E-state index in [0.717, 1.165) is 24.0 Å². The van der Waals surface area contributed by atoms with Crippen LogP contribution in [0.4, 0.5) is 5.69 Å². The average molecular weight is 474 g/mol. The monoisotopic (exact) mass is 473 g/mol. The van der Waals surface area contributed by atoms with Crippen LogP contribution in [-0.4, -0.2) is 34.2 Å². The van der Waals surface area contributed by atoms with E-state index >= 15 is 0 Å². The van der Waals surface area contributed by atoms with Gasteiger partial charge in [0.05, 0.1) is 11.3 Å². The number of nitro benzene ring substituents is 1. The lowest BCUT2D eigenvalue weighted by Crippen LogP contribution is -2.51. The van der Waals surface area contributed by atoms with Crippen LogP contribution >= 0.6 is 0 Å². The van der Waals surface area contributed by atoms with Crippen LogP contribution in [0.5, 0.6) is 0 Å². The predicted molar refractivity (Wildman–Crippen MR) is 136 cm³/mol. The maximum atomic E-state index is 13.7. The number of benzene rings is 3. The number of rotatable bonds is 12. The summed E-state index contributed by atoms with van der Waals surface area (Å²) in [6.45, 7) is 2.79. The van der Waals surface area contributed by atoms with E-state index in [1.165, 1.54) is 6.07 Å². The number of hydrogen-bond donors (Lipinski definition) is 1. The first-order chi connectivity index (χ1) is 17.0. The largest absolute Gasteiger partial charge is 0.354 e. The average Bonchev–Trinajstić information content (AvgIpc) is 2.87. The molecule has 0 bridgehead atoms. The van der Waals surface area contributed by atoms with Crippen LogP contribution in [0.3, 0.4) is 0 Å². The molecule has 0 saturated carbocycles. The van der Waals surface area contributed by atoms with Gasteiger partial charge in [0.25, 0.3) is 5.69 Å². The Balaban J connectivity index is 1.96. The van der Waals surface area contributed by atoms with Crippen molar-refractivity contribution in [1.29, 1.82) is 0 Å². The number of amides is 2. The van der Waals surface area contributed by atoms with Gasteiger partial charge in [-0.15, -0.1) is 0 Å². The molecule has 3 aromatic rings. The number of nitrogens with zero attached hydrogens (tertiary/aromatic N) is 2. The summed E-state index contributed by atoms with van der Waals surface area (Å²) in [6.07, 6.45) is 1.95. The molecule has 35 heavy (non-hydrogen) atoms. The fourth-order valence-corrected chi connectivity index (χ4v) is 3.94. The van der Waals surface area contributed by atoms with E-state index < -0.39 is 11.0 Å². The molecule has 3 rings (SSSR count). The second-order valence-corrected chi connectivity index (χ2v) is 8.42. The number of unbranched alkanes of at least 4 members (excludes halogenated alkanes) is 1. The normalized spacial score (nSPS) is 11.5. The molecule has 0 aliphatic carbocycles. The lowest BCUT2D eigenvalue weighted by Gasteiger charge is -2.31. The second kappa shape index (κ2) is 13.0. The van der Waals surface area contributed by atoms with Crippen LogP contribution in [-0.2, 0) is 29.0 Å². The number of carbonyl (C=O) groups is 2. The summed E-state index contributed by atoms with van der Waals surface area (Å²) in [5.41, 5.74) is 2.03. The molecule has 3 aromatic carbocycles. The molecule has 7 heteroatoms. The molecule has 7 nitrogen and oxygen atoms in total. The van der Waals surface area contributed by atoms with E-state index in [1.807, 2.05) is 67.6 Å². The minimum atomic E-state index is -0.760. The van der Waals surface area contributed by atoms with Gasteiger partial charge in [0.15, 0.2) is 0 Å². The Morgan fingerprint density at radius 2 is 1.51 bits per heavy atom. The summed E-state index contributed by atoms with van der Waals surface area (Å²) in [6, 6.07) is 24.5. The van der Waals surface area contributed by atoms with E-state index in [2.05, 4.69) is 5.32 Å². The number of carbonyl (C=O) groups excluding carboxylic acids is 2. The van der Waals surface area contributed by atoms with Crippen molar-refractivity contribution in [2.75, 3.05) is 6.54 Å². The molecule has 0 radical (unpaired) electrons. The molecule has 0 unspecified atom stereocenters. The minimum Gasteiger partial charge on any atom is -0.354 e. The maximum absolute atomic E-state index is 13.7. The van der Waals surface area contributed by atoms with E-state index in [-0.39, 0.29) is 30.5 Å². The van der Waals surface area contributed by atoms with Crippen LogP contribution in [0.1, 0.15) is 36.5 Å². The standard InChI is InChI=1S/C28H31N3O4/c1-2-3-18-29-28(33)26(19-22-12-6-4-7-13-22)30(21-23-14-8-5-9-15-23)27(32)20-24-16-10-11-17-25(24)31(34)35/h4-17,26H,2-3,18-21H2,1H3,(H,29,33)/t26-/m1/s1. The van der Waals surface area contributed by atoms with Crippen molar-refractivity contribution < 1.29 is 14.5 Å². The van der Waals surface area contributed by atoms with Gasteiger partial charge >= 0.3 is 0 Å². The molecule has 0 saturated heterocycles. The van der Waals surface area contributed by atoms with Crippen LogP contribution in [0.2, 0.25) is 0 Å². The summed E-state index contributed by atoms with van der Waals surface area (Å²) in [5, 5.41) is 14.5. The van der Waals surface area contributed by atoms with Crippen LogP contribution < -0.4 is 5.32 Å². The summed E-state index contributed by atoms with van der Waals surface area (Å²) < 4.78 is 0. The number of para-hydroxylation sites is 1. The van der Waals surface area contributed by atoms with Crippen molar-refractivity contribution in [3.63, 3.8) is 0 Å². The number of nitrogens with one attached hydrogen (secondary N) is 1. The zero-order chi connectivity index (χ0) is 25.0. The van der Waals surface area contributed by atoms with Gasteiger partial charge in [-0.3, -0.25) is 19.7 Å². The molecule has 1 atom stereocenters. The zero-order valence-corrected chi connectivity index (χ0v) is 19.9. The Hall–Kier alpha value is -4.00. The van der Waals surface area contributed by atoms with Crippen molar-refractivity contribution in [2.24, 2.45) is 0 Å². The van der Waals surface area contributed by atoms with Crippen molar-refractivity contribution >= 4 is 17.5 Å². The molecule has 0 fully saturated rings.